The van der Waals surface area contributed by atoms with Gasteiger partial charge in [0.05, 0.1) is 12.7 Å². The van der Waals surface area contributed by atoms with Crippen LogP contribution in [0.2, 0.25) is 0 Å². The molecule has 1 amide bonds. The Morgan fingerprint density at radius 3 is 2.69 bits per heavy atom. The molecule has 2 saturated carbocycles. The van der Waals surface area contributed by atoms with Crippen molar-refractivity contribution in [2.45, 2.75) is 71.8 Å². The van der Waals surface area contributed by atoms with E-state index in [0.29, 0.717) is 18.3 Å². The van der Waals surface area contributed by atoms with Crippen molar-refractivity contribution in [1.82, 2.24) is 5.32 Å². The lowest BCUT2D eigenvalue weighted by atomic mass is 9.84. The molecule has 1 aromatic heterocycles. The molecule has 1 aromatic carbocycles. The monoisotopic (exact) mass is 353 g/mol. The van der Waals surface area contributed by atoms with Gasteiger partial charge in [-0.15, -0.1) is 0 Å². The highest BCUT2D eigenvalue weighted by Gasteiger charge is 2.42. The normalized spacial score (nSPS) is 26.0. The zero-order chi connectivity index (χ0) is 18.4. The smallest absolute Gasteiger partial charge is 0.224 e. The van der Waals surface area contributed by atoms with Crippen LogP contribution in [0.5, 0.6) is 0 Å². The van der Waals surface area contributed by atoms with E-state index in [1.165, 1.54) is 36.8 Å². The summed E-state index contributed by atoms with van der Waals surface area (Å²) in [7, 11) is 0. The third-order valence-corrected chi connectivity index (χ3v) is 6.84. The molecule has 3 heteroatoms. The van der Waals surface area contributed by atoms with E-state index in [9.17, 15) is 4.79 Å². The number of amides is 1. The van der Waals surface area contributed by atoms with Gasteiger partial charge in [0.1, 0.15) is 5.58 Å². The quantitative estimate of drug-likeness (QED) is 0.787. The lowest BCUT2D eigenvalue weighted by Crippen LogP contribution is -2.40. The van der Waals surface area contributed by atoms with Crippen molar-refractivity contribution in [3.8, 4) is 0 Å². The zero-order valence-electron chi connectivity index (χ0n) is 16.5. The molecule has 2 fully saturated rings. The van der Waals surface area contributed by atoms with E-state index in [4.69, 9.17) is 4.42 Å². The maximum Gasteiger partial charge on any atom is 0.224 e. The molecule has 0 spiro atoms. The van der Waals surface area contributed by atoms with E-state index in [1.807, 2.05) is 0 Å². The summed E-state index contributed by atoms with van der Waals surface area (Å²) < 4.78 is 5.73. The Morgan fingerprint density at radius 2 is 2.04 bits per heavy atom. The Balaban J connectivity index is 1.46. The molecule has 2 aromatic rings. The Hall–Kier alpha value is -1.77. The molecule has 26 heavy (non-hydrogen) atoms. The van der Waals surface area contributed by atoms with Crippen molar-refractivity contribution in [1.29, 1.82) is 0 Å². The fourth-order valence-electron chi connectivity index (χ4n) is 5.49. The van der Waals surface area contributed by atoms with Crippen LogP contribution in [-0.2, 0) is 11.2 Å². The van der Waals surface area contributed by atoms with Crippen LogP contribution in [0.25, 0.3) is 11.0 Å². The van der Waals surface area contributed by atoms with E-state index in [-0.39, 0.29) is 11.9 Å². The maximum atomic E-state index is 12.7. The standard InChI is InChI=1S/C23H31NO2/c1-13(2)19-11-21-18(12-26-22(21)7-14(19)3)10-23(25)24-15(4)20-9-16-5-6-17(20)8-16/h7,11-13,15-17,20H,5-6,8-10H2,1-4H3,(H,24,25)/t15-,16+,17+,20-/m1/s1. The average molecular weight is 354 g/mol. The van der Waals surface area contributed by atoms with Crippen molar-refractivity contribution >= 4 is 16.9 Å². The lowest BCUT2D eigenvalue weighted by molar-refractivity contribution is -0.121. The van der Waals surface area contributed by atoms with Crippen molar-refractivity contribution in [3.63, 3.8) is 0 Å². The lowest BCUT2D eigenvalue weighted by Gasteiger charge is -2.28. The van der Waals surface area contributed by atoms with Crippen LogP contribution in [0.3, 0.4) is 0 Å². The van der Waals surface area contributed by atoms with Gasteiger partial charge in [0.2, 0.25) is 5.91 Å². The highest BCUT2D eigenvalue weighted by atomic mass is 16.3. The highest BCUT2D eigenvalue weighted by molar-refractivity contribution is 5.88. The maximum absolute atomic E-state index is 12.7. The molecule has 1 heterocycles. The second-order valence-electron chi connectivity index (χ2n) is 8.99. The minimum atomic E-state index is 0.120. The topological polar surface area (TPSA) is 42.2 Å². The Bertz CT molecular complexity index is 819. The van der Waals surface area contributed by atoms with Gasteiger partial charge in [0, 0.05) is 17.0 Å². The number of carbonyl (C=O) groups is 1. The molecule has 0 radical (unpaired) electrons. The molecular weight excluding hydrogens is 322 g/mol. The second-order valence-corrected chi connectivity index (χ2v) is 8.99. The summed E-state index contributed by atoms with van der Waals surface area (Å²) in [5.41, 5.74) is 4.47. The number of fused-ring (bicyclic) bond motifs is 3. The first kappa shape index (κ1) is 17.6. The van der Waals surface area contributed by atoms with E-state index in [2.05, 4.69) is 45.1 Å². The number of benzene rings is 1. The first-order valence-electron chi connectivity index (χ1n) is 10.2. The highest BCUT2D eigenvalue weighted by Crippen LogP contribution is 2.49. The minimum absolute atomic E-state index is 0.120. The number of nitrogens with one attached hydrogen (secondary N) is 1. The fourth-order valence-corrected chi connectivity index (χ4v) is 5.49. The van der Waals surface area contributed by atoms with Crippen LogP contribution in [-0.4, -0.2) is 11.9 Å². The SMILES string of the molecule is Cc1cc2occ(CC(=O)N[C@H](C)[C@H]3C[C@H]4CC[C@H]3C4)c2cc1C(C)C. The molecule has 2 aliphatic rings. The first-order chi connectivity index (χ1) is 12.4. The molecule has 0 saturated heterocycles. The summed E-state index contributed by atoms with van der Waals surface area (Å²) in [5, 5.41) is 4.36. The largest absolute Gasteiger partial charge is 0.464 e. The van der Waals surface area contributed by atoms with Crippen molar-refractivity contribution in [2.75, 3.05) is 0 Å². The van der Waals surface area contributed by atoms with Gasteiger partial charge < -0.3 is 9.73 Å². The predicted molar refractivity (Wildman–Crippen MR) is 105 cm³/mol. The van der Waals surface area contributed by atoms with Gasteiger partial charge in [-0.05, 0) is 80.0 Å². The molecule has 4 rings (SSSR count). The predicted octanol–water partition coefficient (Wildman–Crippen LogP) is 5.35. The molecule has 2 aliphatic carbocycles. The summed E-state index contributed by atoms with van der Waals surface area (Å²) >= 11 is 0. The summed E-state index contributed by atoms with van der Waals surface area (Å²) in [6.07, 6.45) is 7.61. The van der Waals surface area contributed by atoms with Gasteiger partial charge in [-0.3, -0.25) is 4.79 Å². The van der Waals surface area contributed by atoms with Crippen LogP contribution in [0.1, 0.15) is 69.1 Å². The Kier molecular flexibility index (Phi) is 4.58. The molecule has 0 unspecified atom stereocenters. The number of carbonyl (C=O) groups excluding carboxylic acids is 1. The minimum Gasteiger partial charge on any atom is -0.464 e. The summed E-state index contributed by atoms with van der Waals surface area (Å²) in [5.74, 6) is 3.01. The van der Waals surface area contributed by atoms with Crippen LogP contribution in [0.4, 0.5) is 0 Å². The van der Waals surface area contributed by atoms with Gasteiger partial charge in [-0.1, -0.05) is 20.3 Å². The molecule has 2 bridgehead atoms. The fraction of sp³-hybridized carbons (Fsp3) is 0.609. The zero-order valence-corrected chi connectivity index (χ0v) is 16.5. The number of hydrogen-bond acceptors (Lipinski definition) is 2. The Labute approximate surface area is 156 Å². The molecule has 1 N–H and O–H groups in total. The van der Waals surface area contributed by atoms with E-state index in [1.54, 1.807) is 6.26 Å². The number of aryl methyl sites for hydroxylation is 1. The number of hydrogen-bond donors (Lipinski definition) is 1. The summed E-state index contributed by atoms with van der Waals surface area (Å²) in [6, 6.07) is 4.59. The third-order valence-electron chi connectivity index (χ3n) is 6.84. The van der Waals surface area contributed by atoms with Gasteiger partial charge in [-0.2, -0.15) is 0 Å². The van der Waals surface area contributed by atoms with Crippen molar-refractivity contribution < 1.29 is 9.21 Å². The molecular formula is C23H31NO2. The van der Waals surface area contributed by atoms with Crippen LogP contribution >= 0.6 is 0 Å². The molecule has 140 valence electrons. The summed E-state index contributed by atoms with van der Waals surface area (Å²) in [6.45, 7) is 8.73. The van der Waals surface area contributed by atoms with Crippen LogP contribution in [0.15, 0.2) is 22.8 Å². The number of furan rings is 1. The molecule has 0 aliphatic heterocycles. The van der Waals surface area contributed by atoms with Gasteiger partial charge >= 0.3 is 0 Å². The van der Waals surface area contributed by atoms with E-state index >= 15 is 0 Å². The van der Waals surface area contributed by atoms with Crippen LogP contribution < -0.4 is 5.32 Å². The van der Waals surface area contributed by atoms with Gasteiger partial charge in [-0.25, -0.2) is 0 Å². The first-order valence-corrected chi connectivity index (χ1v) is 10.2. The average Bonchev–Trinajstić information content (AvgIpc) is 3.29. The molecule has 4 atom stereocenters. The second kappa shape index (κ2) is 6.75. The molecule has 3 nitrogen and oxygen atoms in total. The van der Waals surface area contributed by atoms with E-state index < -0.39 is 0 Å². The number of rotatable bonds is 5. The van der Waals surface area contributed by atoms with Gasteiger partial charge in [0.25, 0.3) is 0 Å². The summed E-state index contributed by atoms with van der Waals surface area (Å²) in [4.78, 5) is 12.7. The van der Waals surface area contributed by atoms with E-state index in [0.717, 1.165) is 28.4 Å². The van der Waals surface area contributed by atoms with Crippen LogP contribution in [0, 0.1) is 24.7 Å². The van der Waals surface area contributed by atoms with Gasteiger partial charge in [0.15, 0.2) is 0 Å². The third kappa shape index (κ3) is 3.17. The van der Waals surface area contributed by atoms with Crippen molar-refractivity contribution in [2.24, 2.45) is 17.8 Å². The Morgan fingerprint density at radius 1 is 1.23 bits per heavy atom. The van der Waals surface area contributed by atoms with Crippen molar-refractivity contribution in [3.05, 3.63) is 35.1 Å².